The molecule has 0 bridgehead atoms. The molecule has 2 N–H and O–H groups in total. The van der Waals surface area contributed by atoms with Crippen LogP contribution in [0.5, 0.6) is 5.75 Å². The molecule has 3 rings (SSSR count). The van der Waals surface area contributed by atoms with Gasteiger partial charge in [-0.25, -0.2) is 0 Å². The van der Waals surface area contributed by atoms with Crippen molar-refractivity contribution in [3.63, 3.8) is 0 Å². The Labute approximate surface area is 172 Å². The number of aromatic nitrogens is 2. The summed E-state index contributed by atoms with van der Waals surface area (Å²) in [7, 11) is 1.62. The lowest BCUT2D eigenvalue weighted by molar-refractivity contribution is -0.118. The molecule has 1 atom stereocenters. The van der Waals surface area contributed by atoms with E-state index in [2.05, 4.69) is 39.9 Å². The maximum Gasteiger partial charge on any atom is 0.230 e. The van der Waals surface area contributed by atoms with Gasteiger partial charge >= 0.3 is 0 Å². The molecule has 1 heterocycles. The van der Waals surface area contributed by atoms with Crippen molar-refractivity contribution in [2.24, 2.45) is 0 Å². The van der Waals surface area contributed by atoms with E-state index in [9.17, 15) is 4.79 Å². The van der Waals surface area contributed by atoms with E-state index in [1.54, 1.807) is 7.11 Å². The predicted molar refractivity (Wildman–Crippen MR) is 115 cm³/mol. The van der Waals surface area contributed by atoms with E-state index in [1.807, 2.05) is 42.5 Å². The van der Waals surface area contributed by atoms with Gasteiger partial charge in [-0.05, 0) is 23.6 Å². The Morgan fingerprint density at radius 2 is 1.89 bits per heavy atom. The zero-order chi connectivity index (χ0) is 19.8. The summed E-state index contributed by atoms with van der Waals surface area (Å²) in [5.41, 5.74) is 2.04. The first-order valence-electron chi connectivity index (χ1n) is 8.83. The molecule has 28 heavy (non-hydrogen) atoms. The normalized spacial score (nSPS) is 11.6. The Morgan fingerprint density at radius 3 is 2.68 bits per heavy atom. The van der Waals surface area contributed by atoms with Gasteiger partial charge in [0.15, 0.2) is 4.34 Å². The fourth-order valence-electron chi connectivity index (χ4n) is 2.53. The van der Waals surface area contributed by atoms with Crippen LogP contribution < -0.4 is 15.4 Å². The van der Waals surface area contributed by atoms with Gasteiger partial charge in [-0.1, -0.05) is 72.5 Å². The number of hydrogen-bond donors (Lipinski definition) is 2. The standard InChI is InChI=1S/C20H22N4O2S2/c1-14(15-8-4-3-5-9-15)12-21-18(25)13-27-20-24-23-19(28-20)22-16-10-6-7-11-17(16)26-2/h3-11,14H,12-13H2,1-2H3,(H,21,25)(H,22,23)/t14-/m1/s1. The lowest BCUT2D eigenvalue weighted by Crippen LogP contribution is -2.28. The maximum absolute atomic E-state index is 12.1. The summed E-state index contributed by atoms with van der Waals surface area (Å²) in [5, 5.41) is 15.1. The number of carbonyl (C=O) groups excluding carboxylic acids is 1. The average molecular weight is 415 g/mol. The zero-order valence-corrected chi connectivity index (χ0v) is 17.3. The number of para-hydroxylation sites is 2. The van der Waals surface area contributed by atoms with Gasteiger partial charge in [-0.3, -0.25) is 4.79 Å². The van der Waals surface area contributed by atoms with Crippen LogP contribution in [0.2, 0.25) is 0 Å². The number of carbonyl (C=O) groups is 1. The summed E-state index contributed by atoms with van der Waals surface area (Å²) in [6, 6.07) is 17.8. The number of benzene rings is 2. The number of nitrogens with zero attached hydrogens (tertiary/aromatic N) is 2. The van der Waals surface area contributed by atoms with Crippen molar-refractivity contribution in [2.75, 3.05) is 24.7 Å². The van der Waals surface area contributed by atoms with Gasteiger partial charge in [0.1, 0.15) is 5.75 Å². The van der Waals surface area contributed by atoms with Gasteiger partial charge < -0.3 is 15.4 Å². The Morgan fingerprint density at radius 1 is 1.14 bits per heavy atom. The molecule has 146 valence electrons. The Balaban J connectivity index is 1.45. The van der Waals surface area contributed by atoms with E-state index in [0.29, 0.717) is 17.4 Å². The summed E-state index contributed by atoms with van der Waals surface area (Å²) in [4.78, 5) is 12.1. The van der Waals surface area contributed by atoms with Crippen molar-refractivity contribution in [3.05, 3.63) is 60.2 Å². The summed E-state index contributed by atoms with van der Waals surface area (Å²) in [5.74, 6) is 1.31. The highest BCUT2D eigenvalue weighted by molar-refractivity contribution is 8.01. The number of rotatable bonds is 9. The van der Waals surface area contributed by atoms with Crippen LogP contribution in [0, 0.1) is 0 Å². The topological polar surface area (TPSA) is 76.1 Å². The predicted octanol–water partition coefficient (Wildman–Crippen LogP) is 4.30. The fraction of sp³-hybridized carbons (Fsp3) is 0.250. The second kappa shape index (κ2) is 10.1. The molecular formula is C20H22N4O2S2. The van der Waals surface area contributed by atoms with E-state index in [4.69, 9.17) is 4.74 Å². The third kappa shape index (κ3) is 5.71. The molecule has 1 amide bonds. The summed E-state index contributed by atoms with van der Waals surface area (Å²) >= 11 is 2.78. The SMILES string of the molecule is COc1ccccc1Nc1nnc(SCC(=O)NC[C@@H](C)c2ccccc2)s1. The largest absolute Gasteiger partial charge is 0.495 e. The highest BCUT2D eigenvalue weighted by atomic mass is 32.2. The third-order valence-electron chi connectivity index (χ3n) is 4.06. The van der Waals surface area contributed by atoms with Crippen LogP contribution in [0.15, 0.2) is 58.9 Å². The molecule has 0 fully saturated rings. The van der Waals surface area contributed by atoms with Crippen molar-refractivity contribution < 1.29 is 9.53 Å². The monoisotopic (exact) mass is 414 g/mol. The molecule has 2 aromatic carbocycles. The van der Waals surface area contributed by atoms with Crippen LogP contribution in [0.4, 0.5) is 10.8 Å². The number of nitrogens with one attached hydrogen (secondary N) is 2. The van der Waals surface area contributed by atoms with Crippen LogP contribution >= 0.6 is 23.1 Å². The van der Waals surface area contributed by atoms with Crippen molar-refractivity contribution in [1.29, 1.82) is 0 Å². The Hall–Kier alpha value is -2.58. The summed E-state index contributed by atoms with van der Waals surface area (Å²) in [6.07, 6.45) is 0. The van der Waals surface area contributed by atoms with Crippen molar-refractivity contribution in [1.82, 2.24) is 15.5 Å². The molecule has 0 radical (unpaired) electrons. The number of thioether (sulfide) groups is 1. The lowest BCUT2D eigenvalue weighted by Gasteiger charge is -2.12. The quantitative estimate of drug-likeness (QED) is 0.509. The van der Waals surface area contributed by atoms with E-state index >= 15 is 0 Å². The van der Waals surface area contributed by atoms with E-state index in [0.717, 1.165) is 15.8 Å². The van der Waals surface area contributed by atoms with Crippen LogP contribution in [-0.4, -0.2) is 35.5 Å². The molecule has 8 heteroatoms. The Bertz CT molecular complexity index is 902. The third-order valence-corrected chi connectivity index (χ3v) is 6.03. The smallest absolute Gasteiger partial charge is 0.230 e. The van der Waals surface area contributed by atoms with Gasteiger partial charge in [0.2, 0.25) is 11.0 Å². The molecule has 0 aliphatic heterocycles. The van der Waals surface area contributed by atoms with E-state index in [-0.39, 0.29) is 11.8 Å². The number of amides is 1. The second-order valence-corrected chi connectivity index (χ2v) is 8.30. The van der Waals surface area contributed by atoms with Gasteiger partial charge in [-0.15, -0.1) is 10.2 Å². The first-order chi connectivity index (χ1) is 13.7. The van der Waals surface area contributed by atoms with Gasteiger partial charge in [-0.2, -0.15) is 0 Å². The van der Waals surface area contributed by atoms with Crippen molar-refractivity contribution >= 4 is 39.8 Å². The van der Waals surface area contributed by atoms with Gasteiger partial charge in [0, 0.05) is 6.54 Å². The maximum atomic E-state index is 12.1. The minimum Gasteiger partial charge on any atom is -0.495 e. The van der Waals surface area contributed by atoms with Gasteiger partial charge in [0.05, 0.1) is 18.6 Å². The highest BCUT2D eigenvalue weighted by Gasteiger charge is 2.11. The number of anilines is 2. The molecule has 0 saturated heterocycles. The molecule has 0 spiro atoms. The summed E-state index contributed by atoms with van der Waals surface area (Å²) < 4.78 is 6.06. The summed E-state index contributed by atoms with van der Waals surface area (Å²) in [6.45, 7) is 2.71. The number of ether oxygens (including phenoxy) is 1. The van der Waals surface area contributed by atoms with Crippen LogP contribution in [0.25, 0.3) is 0 Å². The van der Waals surface area contributed by atoms with Crippen molar-refractivity contribution in [3.8, 4) is 5.75 Å². The molecule has 0 aliphatic carbocycles. The van der Waals surface area contributed by atoms with E-state index in [1.165, 1.54) is 28.7 Å². The molecule has 0 unspecified atom stereocenters. The molecule has 3 aromatic rings. The lowest BCUT2D eigenvalue weighted by atomic mass is 10.0. The zero-order valence-electron chi connectivity index (χ0n) is 15.7. The molecule has 6 nitrogen and oxygen atoms in total. The Kier molecular flexibility index (Phi) is 7.27. The first-order valence-corrected chi connectivity index (χ1v) is 10.6. The van der Waals surface area contributed by atoms with Gasteiger partial charge in [0.25, 0.3) is 0 Å². The number of methoxy groups -OCH3 is 1. The van der Waals surface area contributed by atoms with Crippen molar-refractivity contribution in [2.45, 2.75) is 17.2 Å². The molecule has 1 aromatic heterocycles. The second-order valence-electron chi connectivity index (χ2n) is 6.10. The molecule has 0 saturated carbocycles. The minimum atomic E-state index is -0.0118. The minimum absolute atomic E-state index is 0.0118. The van der Waals surface area contributed by atoms with E-state index < -0.39 is 0 Å². The van der Waals surface area contributed by atoms with Crippen LogP contribution in [0.3, 0.4) is 0 Å². The average Bonchev–Trinajstić information content (AvgIpc) is 3.19. The highest BCUT2D eigenvalue weighted by Crippen LogP contribution is 2.31. The van der Waals surface area contributed by atoms with Crippen LogP contribution in [-0.2, 0) is 4.79 Å². The van der Waals surface area contributed by atoms with Crippen LogP contribution in [0.1, 0.15) is 18.4 Å². The first kappa shape index (κ1) is 20.2. The molecule has 0 aliphatic rings. The fourth-order valence-corrected chi connectivity index (χ4v) is 4.12. The number of hydrogen-bond acceptors (Lipinski definition) is 7. The molecular weight excluding hydrogens is 392 g/mol.